The number of aromatic nitrogens is 4. The molecule has 0 aliphatic heterocycles. The molecule has 0 saturated carbocycles. The predicted octanol–water partition coefficient (Wildman–Crippen LogP) is 0.588. The molecule has 2 aromatic rings. The Morgan fingerprint density at radius 1 is 1.62 bits per heavy atom. The monoisotopic (exact) mass is 196 g/mol. The van der Waals surface area contributed by atoms with Gasteiger partial charge in [0.1, 0.15) is 10.5 Å². The topological polar surface area (TPSA) is 66.2 Å². The Morgan fingerprint density at radius 2 is 2.38 bits per heavy atom. The van der Waals surface area contributed by atoms with E-state index < -0.39 is 0 Å². The van der Waals surface area contributed by atoms with Gasteiger partial charge in [-0.3, -0.25) is 5.10 Å². The average Bonchev–Trinajstić information content (AvgIpc) is 2.46. The molecular formula is C7H8N4OS. The lowest BCUT2D eigenvalue weighted by molar-refractivity contribution is 0.277. The van der Waals surface area contributed by atoms with Gasteiger partial charge in [0.05, 0.1) is 12.3 Å². The molecule has 0 bridgehead atoms. The van der Waals surface area contributed by atoms with E-state index in [2.05, 4.69) is 15.1 Å². The quantitative estimate of drug-likeness (QED) is 0.655. The highest BCUT2D eigenvalue weighted by Gasteiger charge is 2.02. The summed E-state index contributed by atoms with van der Waals surface area (Å²) in [4.78, 5) is 8.18. The minimum Gasteiger partial charge on any atom is -0.390 e. The summed E-state index contributed by atoms with van der Waals surface area (Å²) in [6, 6.07) is 1.64. The van der Waals surface area contributed by atoms with E-state index in [1.165, 1.54) is 0 Å². The summed E-state index contributed by atoms with van der Waals surface area (Å²) in [5.41, 5.74) is 0.538. The summed E-state index contributed by atoms with van der Waals surface area (Å²) in [6.45, 7) is 1.70. The predicted molar refractivity (Wildman–Crippen MR) is 48.8 cm³/mol. The van der Waals surface area contributed by atoms with E-state index in [1.54, 1.807) is 10.6 Å². The molecule has 0 aromatic carbocycles. The van der Waals surface area contributed by atoms with E-state index in [-0.39, 0.29) is 6.61 Å². The van der Waals surface area contributed by atoms with Crippen LogP contribution in [-0.2, 0) is 6.61 Å². The van der Waals surface area contributed by atoms with Gasteiger partial charge in [-0.1, -0.05) is 12.2 Å². The lowest BCUT2D eigenvalue weighted by Gasteiger charge is -1.95. The lowest BCUT2D eigenvalue weighted by Crippen LogP contribution is -1.97. The number of H-pyrrole nitrogens is 1. The number of nitrogens with one attached hydrogen (secondary N) is 1. The lowest BCUT2D eigenvalue weighted by atomic mass is 10.4. The minimum atomic E-state index is -0.119. The van der Waals surface area contributed by atoms with Gasteiger partial charge >= 0.3 is 0 Å². The first-order chi connectivity index (χ1) is 6.20. The molecule has 0 amide bonds. The normalized spacial score (nSPS) is 10.9. The van der Waals surface area contributed by atoms with Crippen LogP contribution in [0, 0.1) is 11.6 Å². The first-order valence-corrected chi connectivity index (χ1v) is 4.17. The van der Waals surface area contributed by atoms with Crippen LogP contribution in [0.1, 0.15) is 11.5 Å². The highest BCUT2D eigenvalue weighted by molar-refractivity contribution is 7.71. The van der Waals surface area contributed by atoms with Crippen molar-refractivity contribution in [3.8, 4) is 0 Å². The van der Waals surface area contributed by atoms with Crippen molar-refractivity contribution in [1.29, 1.82) is 0 Å². The van der Waals surface area contributed by atoms with Gasteiger partial charge in [-0.2, -0.15) is 4.98 Å². The van der Waals surface area contributed by atoms with Gasteiger partial charge < -0.3 is 5.11 Å². The second-order valence-corrected chi connectivity index (χ2v) is 3.11. The Morgan fingerprint density at radius 3 is 3.08 bits per heavy atom. The van der Waals surface area contributed by atoms with Crippen molar-refractivity contribution in [1.82, 2.24) is 19.6 Å². The number of aryl methyl sites for hydroxylation is 1. The highest BCUT2D eigenvalue weighted by atomic mass is 32.1. The zero-order valence-electron chi connectivity index (χ0n) is 6.98. The van der Waals surface area contributed by atoms with Crippen LogP contribution in [0.5, 0.6) is 0 Å². The fraction of sp³-hybridized carbons (Fsp3) is 0.286. The molecule has 5 nitrogen and oxygen atoms in total. The third kappa shape index (κ3) is 1.34. The molecule has 0 aliphatic carbocycles. The summed E-state index contributed by atoms with van der Waals surface area (Å²) >= 11 is 5.06. The van der Waals surface area contributed by atoms with Gasteiger partial charge in [-0.05, 0) is 13.0 Å². The van der Waals surface area contributed by atoms with Crippen LogP contribution in [0.15, 0.2) is 6.07 Å². The maximum atomic E-state index is 8.87. The van der Waals surface area contributed by atoms with E-state index >= 15 is 0 Å². The van der Waals surface area contributed by atoms with Crippen LogP contribution in [0.3, 0.4) is 0 Å². The number of hydrogen-bond donors (Lipinski definition) is 2. The van der Waals surface area contributed by atoms with E-state index in [0.717, 1.165) is 5.82 Å². The smallest absolute Gasteiger partial charge is 0.252 e. The molecule has 2 heterocycles. The van der Waals surface area contributed by atoms with E-state index in [4.69, 9.17) is 17.3 Å². The third-order valence-electron chi connectivity index (χ3n) is 1.66. The van der Waals surface area contributed by atoms with Crippen LogP contribution in [0.2, 0.25) is 0 Å². The molecular weight excluding hydrogens is 188 g/mol. The highest BCUT2D eigenvalue weighted by Crippen LogP contribution is 2.02. The fourth-order valence-corrected chi connectivity index (χ4v) is 1.38. The molecule has 0 fully saturated rings. The first kappa shape index (κ1) is 8.33. The van der Waals surface area contributed by atoms with Gasteiger partial charge in [-0.25, -0.2) is 9.50 Å². The molecule has 2 rings (SSSR count). The second kappa shape index (κ2) is 2.90. The van der Waals surface area contributed by atoms with Crippen molar-refractivity contribution in [3.63, 3.8) is 0 Å². The Balaban J connectivity index is 2.83. The summed E-state index contributed by atoms with van der Waals surface area (Å²) in [5, 5.41) is 11.8. The standard InChI is InChI=1S/C7H8N4OS/c1-4-8-7-9-5(3-12)2-6(13)11(7)10-4/h2,12H,3H2,1H3,(H,8,9,10). The average molecular weight is 196 g/mol. The summed E-state index contributed by atoms with van der Waals surface area (Å²) < 4.78 is 2.17. The minimum absolute atomic E-state index is 0.119. The number of aromatic amines is 1. The molecule has 2 aromatic heterocycles. The molecule has 0 spiro atoms. The molecule has 0 aliphatic rings. The van der Waals surface area contributed by atoms with Gasteiger partial charge in [0.25, 0.3) is 5.78 Å². The number of rotatable bonds is 1. The molecule has 0 unspecified atom stereocenters. The zero-order chi connectivity index (χ0) is 9.42. The number of aliphatic hydroxyl groups excluding tert-OH is 1. The Kier molecular flexibility index (Phi) is 1.86. The molecule has 0 atom stereocenters. The Hall–Kier alpha value is -1.27. The maximum absolute atomic E-state index is 8.87. The molecule has 13 heavy (non-hydrogen) atoms. The number of fused-ring (bicyclic) bond motifs is 1. The first-order valence-electron chi connectivity index (χ1n) is 3.77. The van der Waals surface area contributed by atoms with Crippen molar-refractivity contribution < 1.29 is 5.11 Å². The van der Waals surface area contributed by atoms with E-state index in [0.29, 0.717) is 16.1 Å². The summed E-state index contributed by atoms with van der Waals surface area (Å²) in [7, 11) is 0. The largest absolute Gasteiger partial charge is 0.390 e. The molecule has 0 saturated heterocycles. The van der Waals surface area contributed by atoms with Crippen LogP contribution in [-0.4, -0.2) is 24.7 Å². The van der Waals surface area contributed by atoms with Crippen molar-refractivity contribution in [2.75, 3.05) is 0 Å². The number of nitrogens with zero attached hydrogens (tertiary/aromatic N) is 3. The van der Waals surface area contributed by atoms with Crippen molar-refractivity contribution >= 4 is 18.0 Å². The van der Waals surface area contributed by atoms with Crippen LogP contribution in [0.25, 0.3) is 5.78 Å². The third-order valence-corrected chi connectivity index (χ3v) is 1.96. The summed E-state index contributed by atoms with van der Waals surface area (Å²) in [5.74, 6) is 1.24. The maximum Gasteiger partial charge on any atom is 0.252 e. The van der Waals surface area contributed by atoms with Crippen molar-refractivity contribution in [2.45, 2.75) is 13.5 Å². The Bertz CT molecular complexity index is 501. The van der Waals surface area contributed by atoms with Gasteiger partial charge in [0, 0.05) is 0 Å². The summed E-state index contributed by atoms with van der Waals surface area (Å²) in [6.07, 6.45) is 0. The fourth-order valence-electron chi connectivity index (χ4n) is 1.11. The molecule has 2 N–H and O–H groups in total. The Labute approximate surface area is 79.1 Å². The van der Waals surface area contributed by atoms with Crippen LogP contribution in [0.4, 0.5) is 0 Å². The van der Waals surface area contributed by atoms with Gasteiger partial charge in [0.2, 0.25) is 0 Å². The van der Waals surface area contributed by atoms with E-state index in [9.17, 15) is 0 Å². The number of hydrogen-bond acceptors (Lipinski definition) is 4. The second-order valence-electron chi connectivity index (χ2n) is 2.69. The van der Waals surface area contributed by atoms with Crippen molar-refractivity contribution in [3.05, 3.63) is 22.2 Å². The number of aliphatic hydroxyl groups is 1. The van der Waals surface area contributed by atoms with Crippen LogP contribution < -0.4 is 0 Å². The molecule has 6 heteroatoms. The SMILES string of the molecule is Cc1nc2nc(CO)cc(=S)n2[nH]1. The molecule has 0 radical (unpaired) electrons. The van der Waals surface area contributed by atoms with E-state index in [1.807, 2.05) is 6.92 Å². The van der Waals surface area contributed by atoms with Crippen LogP contribution >= 0.6 is 12.2 Å². The van der Waals surface area contributed by atoms with Gasteiger partial charge in [-0.15, -0.1) is 0 Å². The molecule has 68 valence electrons. The van der Waals surface area contributed by atoms with Gasteiger partial charge in [0.15, 0.2) is 0 Å². The zero-order valence-corrected chi connectivity index (χ0v) is 7.80. The van der Waals surface area contributed by atoms with Crippen molar-refractivity contribution in [2.24, 2.45) is 0 Å².